The van der Waals surface area contributed by atoms with Gasteiger partial charge in [0.2, 0.25) is 6.23 Å². The average Bonchev–Trinajstić information content (AvgIpc) is 2.79. The molecule has 1 aromatic rings. The molecule has 0 saturated heterocycles. The van der Waals surface area contributed by atoms with Crippen molar-refractivity contribution in [2.45, 2.75) is 55.4 Å². The van der Waals surface area contributed by atoms with E-state index in [4.69, 9.17) is 0 Å². The number of halogens is 13. The van der Waals surface area contributed by atoms with E-state index in [1.54, 1.807) is 0 Å². The van der Waals surface area contributed by atoms with Crippen LogP contribution >= 0.6 is 0 Å². The molecule has 0 radical (unpaired) electrons. The lowest BCUT2D eigenvalue weighted by atomic mass is 9.93. The van der Waals surface area contributed by atoms with E-state index >= 15 is 0 Å². The number of rotatable bonds is 13. The Labute approximate surface area is 219 Å². The van der Waals surface area contributed by atoms with E-state index in [2.05, 4.69) is 8.92 Å². The molecule has 2 N–H and O–H groups in total. The number of non-ortho nitro benzene ring substituents is 1. The highest BCUT2D eigenvalue weighted by Crippen LogP contribution is 2.60. The highest BCUT2D eigenvalue weighted by atomic mass is 32.2. The van der Waals surface area contributed by atoms with E-state index in [0.29, 0.717) is 29.0 Å². The van der Waals surface area contributed by atoms with Gasteiger partial charge in [0, 0.05) is 12.1 Å². The molecule has 0 aliphatic carbocycles. The molecule has 1 unspecified atom stereocenters. The third-order valence-electron chi connectivity index (χ3n) is 4.55. The Morgan fingerprint density at radius 1 is 0.878 bits per heavy atom. The number of nitrogens with zero attached hydrogens (tertiary/aromatic N) is 1. The Morgan fingerprint density at radius 3 is 1.76 bits per heavy atom. The molecule has 41 heavy (non-hydrogen) atoms. The smallest absolute Gasteiger partial charge is 0.423 e. The van der Waals surface area contributed by atoms with E-state index in [9.17, 15) is 80.4 Å². The van der Waals surface area contributed by atoms with Gasteiger partial charge in [0.15, 0.2) is 0 Å². The Balaban J connectivity index is 3.33. The molecular weight excluding hydrogens is 637 g/mol. The zero-order valence-corrected chi connectivity index (χ0v) is 20.2. The van der Waals surface area contributed by atoms with Crippen LogP contribution in [0.1, 0.15) is 13.3 Å². The predicted molar refractivity (Wildman–Crippen MR) is 105 cm³/mol. The minimum absolute atomic E-state index is 0.413. The summed E-state index contributed by atoms with van der Waals surface area (Å²) < 4.78 is 206. The molecule has 1 amide bonds. The Hall–Kier alpha value is -3.31. The van der Waals surface area contributed by atoms with Crippen molar-refractivity contribution in [3.63, 3.8) is 0 Å². The maximum atomic E-state index is 14.5. The lowest BCUT2D eigenvalue weighted by Gasteiger charge is -2.41. The highest BCUT2D eigenvalue weighted by molar-refractivity contribution is 7.85. The van der Waals surface area contributed by atoms with Gasteiger partial charge < -0.3 is 8.92 Å². The minimum atomic E-state index is -8.22. The molecule has 0 spiro atoms. The van der Waals surface area contributed by atoms with Crippen molar-refractivity contribution in [2.24, 2.45) is 0 Å². The Morgan fingerprint density at radius 2 is 1.34 bits per heavy atom. The molecule has 10 nitrogen and oxygen atoms in total. The topological polar surface area (TPSA) is 137 Å². The summed E-state index contributed by atoms with van der Waals surface area (Å²) in [4.78, 5) is 21.4. The lowest BCUT2D eigenvalue weighted by Crippen LogP contribution is -2.73. The molecule has 0 aliphatic heterocycles. The number of nitro benzene ring substituents is 1. The van der Waals surface area contributed by atoms with Gasteiger partial charge in [0.05, 0.1) is 4.92 Å². The SMILES string of the molecule is CCCNC(OC(=O)NS(=O)(=O)Oc1ccc([N+](=O)[O-])cc1)C(F)(F)C(F)(F)C(F)(F)C(F)(F)C(F)(F)C(F)(F)F. The molecule has 1 atom stereocenters. The van der Waals surface area contributed by atoms with Crippen LogP contribution in [-0.2, 0) is 15.0 Å². The van der Waals surface area contributed by atoms with Crippen LogP contribution in [0.4, 0.5) is 67.6 Å². The minimum Gasteiger partial charge on any atom is -0.423 e. The molecule has 0 fully saturated rings. The molecule has 24 heteroatoms. The summed E-state index contributed by atoms with van der Waals surface area (Å²) in [6, 6.07) is 2.55. The number of alkyl halides is 13. The quantitative estimate of drug-likeness (QED) is 0.132. The van der Waals surface area contributed by atoms with Gasteiger partial charge in [-0.3, -0.25) is 15.4 Å². The van der Waals surface area contributed by atoms with Crippen molar-refractivity contribution in [2.75, 3.05) is 6.54 Å². The summed E-state index contributed by atoms with van der Waals surface area (Å²) in [6.07, 6.45) is -15.1. The molecule has 0 saturated carbocycles. The van der Waals surface area contributed by atoms with E-state index in [1.165, 1.54) is 0 Å². The third-order valence-corrected chi connectivity index (χ3v) is 5.38. The van der Waals surface area contributed by atoms with Crippen LogP contribution in [-0.4, -0.2) is 68.0 Å². The molecule has 236 valence electrons. The van der Waals surface area contributed by atoms with Gasteiger partial charge in [-0.15, -0.1) is 0 Å². The maximum absolute atomic E-state index is 14.5. The first-order chi connectivity index (χ1) is 18.2. The number of carbonyl (C=O) groups excluding carboxylic acids is 1. The summed E-state index contributed by atoms with van der Waals surface area (Å²) in [5.74, 6) is -40.0. The number of nitro groups is 1. The number of hydrogen-bond donors (Lipinski definition) is 2. The molecule has 0 heterocycles. The van der Waals surface area contributed by atoms with Gasteiger partial charge in [-0.25, -0.2) is 4.79 Å². The summed E-state index contributed by atoms with van der Waals surface area (Å²) in [5, 5.41) is 11.6. The number of carbonyl (C=O) groups is 1. The summed E-state index contributed by atoms with van der Waals surface area (Å²) in [6.45, 7) is 0.0336. The van der Waals surface area contributed by atoms with Crippen molar-refractivity contribution in [1.82, 2.24) is 10.0 Å². The largest absolute Gasteiger partial charge is 0.460 e. The van der Waals surface area contributed by atoms with Crippen LogP contribution in [0.15, 0.2) is 24.3 Å². The van der Waals surface area contributed by atoms with E-state index < -0.39 is 87.7 Å². The van der Waals surface area contributed by atoms with Crippen LogP contribution in [0.3, 0.4) is 0 Å². The molecule has 1 rings (SSSR count). The van der Waals surface area contributed by atoms with Crippen LogP contribution in [0.25, 0.3) is 0 Å². The number of nitrogens with one attached hydrogen (secondary N) is 2. The predicted octanol–water partition coefficient (Wildman–Crippen LogP) is 5.01. The van der Waals surface area contributed by atoms with E-state index in [1.807, 2.05) is 0 Å². The zero-order chi connectivity index (χ0) is 32.5. The van der Waals surface area contributed by atoms with Crippen molar-refractivity contribution >= 4 is 22.1 Å². The standard InChI is InChI=1S/C17H14F13N3O7S/c1-2-7-31-10(39-11(34)32-41(37,38)40-9-5-3-8(4-6-9)33(35)36)12(18,19)13(20,21)14(22,23)15(24,25)16(26,27)17(28,29)30/h3-6,10,31H,2,7H2,1H3,(H,32,34). The second-order valence-electron chi connectivity index (χ2n) is 7.55. The first-order valence-electron chi connectivity index (χ1n) is 10.1. The van der Waals surface area contributed by atoms with Gasteiger partial charge in [-0.2, -0.15) is 70.2 Å². The lowest BCUT2D eigenvalue weighted by molar-refractivity contribution is -0.444. The summed E-state index contributed by atoms with van der Waals surface area (Å²) >= 11 is 0. The summed E-state index contributed by atoms with van der Waals surface area (Å²) in [7, 11) is -5.55. The monoisotopic (exact) mass is 651 g/mol. The van der Waals surface area contributed by atoms with Gasteiger partial charge in [0.25, 0.3) is 5.69 Å². The molecular formula is C17H14F13N3O7S. The van der Waals surface area contributed by atoms with Crippen LogP contribution in [0, 0.1) is 10.1 Å². The molecule has 0 aliphatic rings. The Bertz CT molecular complexity index is 1210. The van der Waals surface area contributed by atoms with Crippen LogP contribution in [0.2, 0.25) is 0 Å². The fourth-order valence-electron chi connectivity index (χ4n) is 2.47. The van der Waals surface area contributed by atoms with Crippen molar-refractivity contribution in [1.29, 1.82) is 0 Å². The second kappa shape index (κ2) is 11.5. The second-order valence-corrected chi connectivity index (χ2v) is 8.83. The molecule has 0 bridgehead atoms. The number of hydrogen-bond acceptors (Lipinski definition) is 8. The number of amides is 1. The average molecular weight is 651 g/mol. The summed E-state index contributed by atoms with van der Waals surface area (Å²) in [5.41, 5.74) is -0.606. The molecule has 1 aromatic carbocycles. The van der Waals surface area contributed by atoms with E-state index in [0.717, 1.165) is 12.2 Å². The van der Waals surface area contributed by atoms with Crippen molar-refractivity contribution < 1.29 is 84.1 Å². The normalized spacial score (nSPS) is 14.8. The van der Waals surface area contributed by atoms with Gasteiger partial charge in [-0.1, -0.05) is 6.92 Å². The highest BCUT2D eigenvalue weighted by Gasteiger charge is 2.91. The fraction of sp³-hybridized carbons (Fsp3) is 0.588. The van der Waals surface area contributed by atoms with Crippen LogP contribution in [0.5, 0.6) is 5.75 Å². The Kier molecular flexibility index (Phi) is 10.0. The van der Waals surface area contributed by atoms with Gasteiger partial charge in [-0.05, 0) is 25.1 Å². The first kappa shape index (κ1) is 35.7. The number of benzene rings is 1. The number of ether oxygens (including phenoxy) is 1. The van der Waals surface area contributed by atoms with Crippen LogP contribution < -0.4 is 14.2 Å². The third kappa shape index (κ3) is 6.95. The van der Waals surface area contributed by atoms with Gasteiger partial charge >= 0.3 is 52.2 Å². The molecule has 0 aromatic heterocycles. The van der Waals surface area contributed by atoms with Crippen molar-refractivity contribution in [3.05, 3.63) is 34.4 Å². The zero-order valence-electron chi connectivity index (χ0n) is 19.4. The first-order valence-corrected chi connectivity index (χ1v) is 11.5. The van der Waals surface area contributed by atoms with E-state index in [-0.39, 0.29) is 0 Å². The fourth-order valence-corrected chi connectivity index (χ4v) is 3.13. The maximum Gasteiger partial charge on any atom is 0.460 e. The van der Waals surface area contributed by atoms with Gasteiger partial charge in [0.1, 0.15) is 5.75 Å². The van der Waals surface area contributed by atoms with Crippen molar-refractivity contribution in [3.8, 4) is 5.75 Å².